The molecular weight excluding hydrogens is 379 g/mol. The number of carbonyl (C=O) groups excluding carboxylic acids is 2. The van der Waals surface area contributed by atoms with Gasteiger partial charge in [-0.2, -0.15) is 0 Å². The van der Waals surface area contributed by atoms with Gasteiger partial charge in [-0.15, -0.1) is 11.8 Å². The van der Waals surface area contributed by atoms with Crippen LogP contribution in [-0.4, -0.2) is 42.1 Å². The van der Waals surface area contributed by atoms with Crippen molar-refractivity contribution >= 4 is 29.7 Å². The molecule has 28 heavy (non-hydrogen) atoms. The fourth-order valence-electron chi connectivity index (χ4n) is 2.99. The van der Waals surface area contributed by atoms with Crippen LogP contribution in [0.25, 0.3) is 6.08 Å². The molecule has 0 saturated carbocycles. The summed E-state index contributed by atoms with van der Waals surface area (Å²) in [5.74, 6) is 1.00. The van der Waals surface area contributed by atoms with E-state index in [0.29, 0.717) is 37.1 Å². The number of hydrogen-bond acceptors (Lipinski definition) is 4. The Hall–Kier alpha value is -2.54. The highest BCUT2D eigenvalue weighted by Gasteiger charge is 2.22. The molecule has 0 bridgehead atoms. The summed E-state index contributed by atoms with van der Waals surface area (Å²) in [6.07, 6.45) is 6.51. The van der Waals surface area contributed by atoms with E-state index in [1.165, 1.54) is 30.0 Å². The van der Waals surface area contributed by atoms with Gasteiger partial charge in [-0.25, -0.2) is 4.39 Å². The molecule has 0 unspecified atom stereocenters. The quantitative estimate of drug-likeness (QED) is 0.568. The summed E-state index contributed by atoms with van der Waals surface area (Å²) in [6.45, 7) is 1.99. The second kappa shape index (κ2) is 10.1. The van der Waals surface area contributed by atoms with E-state index in [1.54, 1.807) is 36.6 Å². The fraction of sp³-hybridized carbons (Fsp3) is 0.333. The predicted molar refractivity (Wildman–Crippen MR) is 107 cm³/mol. The van der Waals surface area contributed by atoms with Crippen LogP contribution >= 0.6 is 11.8 Å². The third kappa shape index (κ3) is 6.27. The normalized spacial score (nSPS) is 15.1. The van der Waals surface area contributed by atoms with Gasteiger partial charge in [0.15, 0.2) is 0 Å². The lowest BCUT2D eigenvalue weighted by Crippen LogP contribution is -2.41. The van der Waals surface area contributed by atoms with Gasteiger partial charge < -0.3 is 14.6 Å². The first-order valence-electron chi connectivity index (χ1n) is 9.26. The number of nitrogens with zero attached hydrogens (tertiary/aromatic N) is 1. The first-order chi connectivity index (χ1) is 13.6. The van der Waals surface area contributed by atoms with Gasteiger partial charge in [0.1, 0.15) is 11.6 Å². The van der Waals surface area contributed by atoms with Gasteiger partial charge in [0.25, 0.3) is 0 Å². The summed E-state index contributed by atoms with van der Waals surface area (Å²) in [5.41, 5.74) is 0. The lowest BCUT2D eigenvalue weighted by atomic mass is 9.96. The molecule has 2 aromatic rings. The Balaban J connectivity index is 1.33. The topological polar surface area (TPSA) is 62.6 Å². The van der Waals surface area contributed by atoms with Crippen LogP contribution < -0.4 is 5.32 Å². The van der Waals surface area contributed by atoms with Crippen molar-refractivity contribution in [2.75, 3.05) is 25.4 Å². The molecule has 5 nitrogen and oxygen atoms in total. The zero-order valence-electron chi connectivity index (χ0n) is 15.5. The second-order valence-electron chi connectivity index (χ2n) is 6.66. The summed E-state index contributed by atoms with van der Waals surface area (Å²) in [4.78, 5) is 26.9. The van der Waals surface area contributed by atoms with Gasteiger partial charge in [0, 0.05) is 30.6 Å². The van der Waals surface area contributed by atoms with E-state index >= 15 is 0 Å². The number of benzene rings is 1. The molecule has 0 radical (unpaired) electrons. The maximum atomic E-state index is 12.9. The van der Waals surface area contributed by atoms with Crippen LogP contribution in [0.1, 0.15) is 18.6 Å². The number of furan rings is 1. The van der Waals surface area contributed by atoms with E-state index in [2.05, 4.69) is 5.32 Å². The van der Waals surface area contributed by atoms with Crippen LogP contribution in [0.3, 0.4) is 0 Å². The minimum Gasteiger partial charge on any atom is -0.465 e. The van der Waals surface area contributed by atoms with Crippen LogP contribution in [0, 0.1) is 11.7 Å². The van der Waals surface area contributed by atoms with Crippen molar-refractivity contribution in [3.63, 3.8) is 0 Å². The molecule has 0 aliphatic carbocycles. The van der Waals surface area contributed by atoms with E-state index in [1.807, 2.05) is 4.90 Å². The molecule has 0 spiro atoms. The van der Waals surface area contributed by atoms with Gasteiger partial charge in [0.05, 0.1) is 12.0 Å². The Labute approximate surface area is 168 Å². The van der Waals surface area contributed by atoms with E-state index in [9.17, 15) is 14.0 Å². The summed E-state index contributed by atoms with van der Waals surface area (Å²) < 4.78 is 18.1. The molecule has 1 fully saturated rings. The van der Waals surface area contributed by atoms with Gasteiger partial charge in [-0.3, -0.25) is 9.59 Å². The average Bonchev–Trinajstić information content (AvgIpc) is 3.24. The van der Waals surface area contributed by atoms with E-state index in [0.717, 1.165) is 17.7 Å². The highest BCUT2D eigenvalue weighted by molar-refractivity contribution is 8.00. The monoisotopic (exact) mass is 402 g/mol. The standard InChI is InChI=1S/C21H23FN2O3S/c22-17-3-6-19(7-4-17)28-15-20(25)23-14-16-9-11-24(12-10-16)21(26)8-5-18-2-1-13-27-18/h1-8,13,16H,9-12,14-15H2,(H,23,25). The summed E-state index contributed by atoms with van der Waals surface area (Å²) in [5, 5.41) is 2.96. The van der Waals surface area contributed by atoms with Gasteiger partial charge >= 0.3 is 0 Å². The number of carbonyl (C=O) groups is 2. The molecule has 1 aromatic carbocycles. The average molecular weight is 402 g/mol. The van der Waals surface area contributed by atoms with Crippen molar-refractivity contribution in [1.82, 2.24) is 10.2 Å². The molecule has 148 valence electrons. The maximum absolute atomic E-state index is 12.9. The van der Waals surface area contributed by atoms with E-state index < -0.39 is 0 Å². The predicted octanol–water partition coefficient (Wildman–Crippen LogP) is 3.58. The van der Waals surface area contributed by atoms with Crippen LogP contribution in [0.2, 0.25) is 0 Å². The molecule has 2 heterocycles. The number of likely N-dealkylation sites (tertiary alicyclic amines) is 1. The molecular formula is C21H23FN2O3S. The van der Waals surface area contributed by atoms with Gasteiger partial charge in [-0.1, -0.05) is 0 Å². The number of nitrogens with one attached hydrogen (secondary N) is 1. The molecule has 7 heteroatoms. The van der Waals surface area contributed by atoms with Crippen molar-refractivity contribution in [3.05, 3.63) is 60.3 Å². The Morgan fingerprint density at radius 1 is 1.21 bits per heavy atom. The minimum atomic E-state index is -0.282. The highest BCUT2D eigenvalue weighted by atomic mass is 32.2. The number of thioether (sulfide) groups is 1. The third-order valence-corrected chi connectivity index (χ3v) is 5.64. The van der Waals surface area contributed by atoms with Gasteiger partial charge in [0.2, 0.25) is 11.8 Å². The summed E-state index contributed by atoms with van der Waals surface area (Å²) in [6, 6.07) is 9.69. The summed E-state index contributed by atoms with van der Waals surface area (Å²) >= 11 is 1.39. The van der Waals surface area contributed by atoms with Gasteiger partial charge in [-0.05, 0) is 61.2 Å². The van der Waals surface area contributed by atoms with Crippen molar-refractivity contribution in [1.29, 1.82) is 0 Å². The Bertz CT molecular complexity index is 798. The molecule has 1 aliphatic rings. The largest absolute Gasteiger partial charge is 0.465 e. The van der Waals surface area contributed by atoms with E-state index in [-0.39, 0.29) is 17.6 Å². The van der Waals surface area contributed by atoms with Crippen molar-refractivity contribution in [2.45, 2.75) is 17.7 Å². The zero-order valence-corrected chi connectivity index (χ0v) is 16.3. The number of amides is 2. The molecule has 0 atom stereocenters. The second-order valence-corrected chi connectivity index (χ2v) is 7.71. The van der Waals surface area contributed by atoms with Crippen LogP contribution in [-0.2, 0) is 9.59 Å². The van der Waals surface area contributed by atoms with Crippen LogP contribution in [0.15, 0.2) is 58.1 Å². The zero-order chi connectivity index (χ0) is 19.8. The third-order valence-electron chi connectivity index (χ3n) is 4.63. The van der Waals surface area contributed by atoms with Crippen molar-refractivity contribution in [3.8, 4) is 0 Å². The Morgan fingerprint density at radius 3 is 2.64 bits per heavy atom. The SMILES string of the molecule is O=C(CSc1ccc(F)cc1)NCC1CCN(C(=O)C=Cc2ccco2)CC1. The Morgan fingerprint density at radius 2 is 1.96 bits per heavy atom. The fourth-order valence-corrected chi connectivity index (χ4v) is 3.72. The molecule has 2 amide bonds. The van der Waals surface area contributed by atoms with Crippen LogP contribution in [0.5, 0.6) is 0 Å². The van der Waals surface area contributed by atoms with Crippen molar-refractivity contribution in [2.24, 2.45) is 5.92 Å². The molecule has 1 aromatic heterocycles. The number of rotatable bonds is 7. The lowest BCUT2D eigenvalue weighted by Gasteiger charge is -2.31. The van der Waals surface area contributed by atoms with Crippen molar-refractivity contribution < 1.29 is 18.4 Å². The number of piperidine rings is 1. The highest BCUT2D eigenvalue weighted by Crippen LogP contribution is 2.19. The first-order valence-corrected chi connectivity index (χ1v) is 10.2. The minimum absolute atomic E-state index is 0.0189. The van der Waals surface area contributed by atoms with E-state index in [4.69, 9.17) is 4.42 Å². The molecule has 3 rings (SSSR count). The molecule has 1 saturated heterocycles. The number of halogens is 1. The maximum Gasteiger partial charge on any atom is 0.246 e. The first kappa shape index (κ1) is 20.2. The molecule has 1 aliphatic heterocycles. The molecule has 1 N–H and O–H groups in total. The Kier molecular flexibility index (Phi) is 7.31. The summed E-state index contributed by atoms with van der Waals surface area (Å²) in [7, 11) is 0. The smallest absolute Gasteiger partial charge is 0.246 e. The number of hydrogen-bond donors (Lipinski definition) is 1. The lowest BCUT2D eigenvalue weighted by molar-refractivity contribution is -0.127. The van der Waals surface area contributed by atoms with Crippen LogP contribution in [0.4, 0.5) is 4.39 Å².